The topological polar surface area (TPSA) is 29.5 Å². The summed E-state index contributed by atoms with van der Waals surface area (Å²) in [6.07, 6.45) is 0. The van der Waals surface area contributed by atoms with Crippen LogP contribution in [0.4, 0.5) is 0 Å². The molecule has 0 bridgehead atoms. The second-order valence-corrected chi connectivity index (χ2v) is 5.60. The van der Waals surface area contributed by atoms with Gasteiger partial charge in [0.25, 0.3) is 0 Å². The first-order valence-corrected chi connectivity index (χ1v) is 5.64. The molecule has 0 saturated carbocycles. The number of rotatable bonds is 2. The summed E-state index contributed by atoms with van der Waals surface area (Å²) in [5.74, 6) is 0.657. The molecule has 0 fully saturated rings. The molecule has 0 aliphatic carbocycles. The van der Waals surface area contributed by atoms with Crippen molar-refractivity contribution in [3.8, 4) is 5.75 Å². The number of methoxy groups -OCH3 is 1. The number of hydrogen-bond acceptors (Lipinski definition) is 2. The highest BCUT2D eigenvalue weighted by molar-refractivity contribution is 6.30. The van der Waals surface area contributed by atoms with Crippen molar-refractivity contribution in [2.24, 2.45) is 5.41 Å². The number of aliphatic hydroxyl groups is 1. The first kappa shape index (κ1) is 13.3. The Kier molecular flexibility index (Phi) is 3.56. The van der Waals surface area contributed by atoms with E-state index in [1.807, 2.05) is 20.8 Å². The zero-order valence-electron chi connectivity index (χ0n) is 10.5. The van der Waals surface area contributed by atoms with Crippen LogP contribution in [0.25, 0.3) is 0 Å². The van der Waals surface area contributed by atoms with Crippen molar-refractivity contribution in [2.45, 2.75) is 33.3 Å². The van der Waals surface area contributed by atoms with Gasteiger partial charge in [-0.3, -0.25) is 0 Å². The van der Waals surface area contributed by atoms with E-state index in [0.29, 0.717) is 10.8 Å². The van der Waals surface area contributed by atoms with Gasteiger partial charge in [-0.05, 0) is 30.5 Å². The maximum atomic E-state index is 10.6. The predicted molar refractivity (Wildman–Crippen MR) is 67.0 cm³/mol. The van der Waals surface area contributed by atoms with Crippen molar-refractivity contribution in [1.82, 2.24) is 0 Å². The fourth-order valence-corrected chi connectivity index (χ4v) is 1.64. The molecule has 0 aliphatic rings. The molecule has 0 amide bonds. The number of benzene rings is 1. The summed E-state index contributed by atoms with van der Waals surface area (Å²) < 4.78 is 5.26. The Morgan fingerprint density at radius 1 is 1.19 bits per heavy atom. The Balaban J connectivity index is 3.36. The highest BCUT2D eigenvalue weighted by atomic mass is 35.5. The maximum Gasteiger partial charge on any atom is 0.125 e. The first-order valence-electron chi connectivity index (χ1n) is 5.26. The van der Waals surface area contributed by atoms with Crippen LogP contribution in [0.2, 0.25) is 5.02 Å². The lowest BCUT2D eigenvalue weighted by molar-refractivity contribution is -0.0485. The SMILES string of the molecule is COc1ccc(Cl)cc1C(C)(O)C(C)(C)C. The second-order valence-electron chi connectivity index (χ2n) is 5.17. The van der Waals surface area contributed by atoms with Gasteiger partial charge in [-0.15, -0.1) is 0 Å². The van der Waals surface area contributed by atoms with E-state index >= 15 is 0 Å². The van der Waals surface area contributed by atoms with Crippen molar-refractivity contribution in [3.63, 3.8) is 0 Å². The van der Waals surface area contributed by atoms with E-state index in [1.54, 1.807) is 32.2 Å². The standard InChI is InChI=1S/C13H19ClO2/c1-12(2,3)13(4,15)10-8-9(14)6-7-11(10)16-5/h6-8,15H,1-5H3. The second kappa shape index (κ2) is 4.27. The van der Waals surface area contributed by atoms with Crippen LogP contribution in [-0.2, 0) is 5.60 Å². The van der Waals surface area contributed by atoms with E-state index in [0.717, 1.165) is 5.56 Å². The summed E-state index contributed by atoms with van der Waals surface area (Å²) in [5, 5.41) is 11.2. The zero-order chi connectivity index (χ0) is 12.6. The molecule has 1 aromatic rings. The smallest absolute Gasteiger partial charge is 0.125 e. The Bertz CT molecular complexity index is 378. The van der Waals surface area contributed by atoms with Gasteiger partial charge in [0.2, 0.25) is 0 Å². The quantitative estimate of drug-likeness (QED) is 0.859. The molecule has 1 N–H and O–H groups in total. The third-order valence-corrected chi connectivity index (χ3v) is 3.38. The molecule has 0 aromatic heterocycles. The lowest BCUT2D eigenvalue weighted by atomic mass is 9.73. The molecule has 1 atom stereocenters. The highest BCUT2D eigenvalue weighted by Gasteiger charge is 2.39. The Morgan fingerprint density at radius 2 is 1.75 bits per heavy atom. The average molecular weight is 243 g/mol. The van der Waals surface area contributed by atoms with Gasteiger partial charge in [0.15, 0.2) is 0 Å². The van der Waals surface area contributed by atoms with Crippen LogP contribution in [0.1, 0.15) is 33.3 Å². The Labute approximate surface area is 102 Å². The van der Waals surface area contributed by atoms with E-state index < -0.39 is 5.60 Å². The van der Waals surface area contributed by atoms with Gasteiger partial charge in [-0.2, -0.15) is 0 Å². The monoisotopic (exact) mass is 242 g/mol. The van der Waals surface area contributed by atoms with Crippen molar-refractivity contribution in [2.75, 3.05) is 7.11 Å². The van der Waals surface area contributed by atoms with E-state index in [4.69, 9.17) is 16.3 Å². The molecule has 1 unspecified atom stereocenters. The number of halogens is 1. The van der Waals surface area contributed by atoms with Crippen LogP contribution in [0.3, 0.4) is 0 Å². The average Bonchev–Trinajstić information content (AvgIpc) is 2.16. The van der Waals surface area contributed by atoms with E-state index in [1.165, 1.54) is 0 Å². The van der Waals surface area contributed by atoms with Gasteiger partial charge >= 0.3 is 0 Å². The van der Waals surface area contributed by atoms with Crippen LogP contribution in [0, 0.1) is 5.41 Å². The molecule has 90 valence electrons. The summed E-state index contributed by atoms with van der Waals surface area (Å²) in [4.78, 5) is 0. The highest BCUT2D eigenvalue weighted by Crippen LogP contribution is 2.43. The molecule has 0 radical (unpaired) electrons. The van der Waals surface area contributed by atoms with Gasteiger partial charge in [-0.1, -0.05) is 32.4 Å². The minimum Gasteiger partial charge on any atom is -0.496 e. The van der Waals surface area contributed by atoms with Gasteiger partial charge in [0, 0.05) is 10.6 Å². The third-order valence-electron chi connectivity index (χ3n) is 3.15. The Morgan fingerprint density at radius 3 is 2.19 bits per heavy atom. The molecule has 0 spiro atoms. The molecular formula is C13H19ClO2. The minimum absolute atomic E-state index is 0.301. The van der Waals surface area contributed by atoms with Crippen LogP contribution >= 0.6 is 11.6 Å². The molecule has 2 nitrogen and oxygen atoms in total. The zero-order valence-corrected chi connectivity index (χ0v) is 11.2. The van der Waals surface area contributed by atoms with Gasteiger partial charge < -0.3 is 9.84 Å². The normalized spacial score (nSPS) is 15.7. The molecular weight excluding hydrogens is 224 g/mol. The molecule has 0 saturated heterocycles. The van der Waals surface area contributed by atoms with Crippen molar-refractivity contribution in [3.05, 3.63) is 28.8 Å². The number of ether oxygens (including phenoxy) is 1. The molecule has 0 aliphatic heterocycles. The van der Waals surface area contributed by atoms with E-state index in [-0.39, 0.29) is 5.41 Å². The van der Waals surface area contributed by atoms with Crippen LogP contribution in [0.5, 0.6) is 5.75 Å². The summed E-state index contributed by atoms with van der Waals surface area (Å²) in [7, 11) is 1.59. The van der Waals surface area contributed by atoms with Gasteiger partial charge in [-0.25, -0.2) is 0 Å². The van der Waals surface area contributed by atoms with Gasteiger partial charge in [0.05, 0.1) is 12.7 Å². The first-order chi connectivity index (χ1) is 7.20. The van der Waals surface area contributed by atoms with Crippen molar-refractivity contribution >= 4 is 11.6 Å². The largest absolute Gasteiger partial charge is 0.496 e. The lowest BCUT2D eigenvalue weighted by Crippen LogP contribution is -2.37. The molecule has 3 heteroatoms. The predicted octanol–water partition coefficient (Wildman–Crippen LogP) is 3.60. The van der Waals surface area contributed by atoms with E-state index in [2.05, 4.69) is 0 Å². The third kappa shape index (κ3) is 2.33. The van der Waals surface area contributed by atoms with Crippen molar-refractivity contribution in [1.29, 1.82) is 0 Å². The summed E-state index contributed by atoms with van der Waals surface area (Å²) in [6.45, 7) is 7.72. The fraction of sp³-hybridized carbons (Fsp3) is 0.538. The molecule has 1 rings (SSSR count). The van der Waals surface area contributed by atoms with Crippen LogP contribution < -0.4 is 4.74 Å². The molecule has 0 heterocycles. The molecule has 16 heavy (non-hydrogen) atoms. The lowest BCUT2D eigenvalue weighted by Gasteiger charge is -2.38. The number of hydrogen-bond donors (Lipinski definition) is 1. The van der Waals surface area contributed by atoms with E-state index in [9.17, 15) is 5.11 Å². The van der Waals surface area contributed by atoms with Gasteiger partial charge in [0.1, 0.15) is 5.75 Å². The van der Waals surface area contributed by atoms with Crippen LogP contribution in [-0.4, -0.2) is 12.2 Å². The van der Waals surface area contributed by atoms with Crippen LogP contribution in [0.15, 0.2) is 18.2 Å². The summed E-state index contributed by atoms with van der Waals surface area (Å²) in [5.41, 5.74) is -0.580. The fourth-order valence-electron chi connectivity index (χ4n) is 1.46. The summed E-state index contributed by atoms with van der Waals surface area (Å²) >= 11 is 5.96. The van der Waals surface area contributed by atoms with Crippen molar-refractivity contribution < 1.29 is 9.84 Å². The Hall–Kier alpha value is -0.730. The minimum atomic E-state index is -0.997. The maximum absolute atomic E-state index is 10.6. The summed E-state index contributed by atoms with van der Waals surface area (Å²) in [6, 6.07) is 5.28. The molecule has 1 aromatic carbocycles.